The SMILES string of the molecule is CCCCCCCCCCCCCCCCCC(=O)N1CC[N+](CC)(Cc2cccc(C)c2)CC1.[Br-]. The van der Waals surface area contributed by atoms with E-state index < -0.39 is 0 Å². The van der Waals surface area contributed by atoms with Crippen molar-refractivity contribution in [3.05, 3.63) is 35.4 Å². The molecule has 0 atom stereocenters. The van der Waals surface area contributed by atoms with E-state index in [4.69, 9.17) is 0 Å². The Labute approximate surface area is 234 Å². The van der Waals surface area contributed by atoms with Crippen LogP contribution in [-0.4, -0.2) is 48.0 Å². The summed E-state index contributed by atoms with van der Waals surface area (Å²) in [6.45, 7) is 13.1. The summed E-state index contributed by atoms with van der Waals surface area (Å²) >= 11 is 0. The predicted octanol–water partition coefficient (Wildman–Crippen LogP) is 5.44. The van der Waals surface area contributed by atoms with Gasteiger partial charge in [-0.05, 0) is 20.3 Å². The maximum absolute atomic E-state index is 12.8. The molecule has 0 N–H and O–H groups in total. The van der Waals surface area contributed by atoms with E-state index in [0.717, 1.165) is 56.6 Å². The van der Waals surface area contributed by atoms with Gasteiger partial charge in [-0.3, -0.25) is 4.79 Å². The van der Waals surface area contributed by atoms with Crippen molar-refractivity contribution in [3.63, 3.8) is 0 Å². The van der Waals surface area contributed by atoms with Crippen molar-refractivity contribution in [1.29, 1.82) is 0 Å². The number of hydrogen-bond acceptors (Lipinski definition) is 1. The standard InChI is InChI=1S/C32H57N2O.BrH/c1-4-6-7-8-9-10-11-12-13-14-15-16-17-18-19-23-32(35)33-24-26-34(5-2,27-25-33)29-31-22-20-21-30(3)28-31;/h20-22,28H,4-19,23-27,29H2,1-3H3;1H/q+1;/p-1. The van der Waals surface area contributed by atoms with Crippen LogP contribution in [0.1, 0.15) is 128 Å². The van der Waals surface area contributed by atoms with Crippen molar-refractivity contribution in [2.45, 2.75) is 130 Å². The second-order valence-corrected chi connectivity index (χ2v) is 11.3. The lowest BCUT2D eigenvalue weighted by Gasteiger charge is -2.44. The highest BCUT2D eigenvalue weighted by molar-refractivity contribution is 5.76. The summed E-state index contributed by atoms with van der Waals surface area (Å²) < 4.78 is 1.12. The van der Waals surface area contributed by atoms with Crippen molar-refractivity contribution < 1.29 is 26.3 Å². The Balaban J connectivity index is 0.00000648. The van der Waals surface area contributed by atoms with E-state index in [1.54, 1.807) is 0 Å². The molecule has 1 aromatic rings. The first-order valence-electron chi connectivity index (χ1n) is 15.3. The van der Waals surface area contributed by atoms with Gasteiger partial charge in [-0.15, -0.1) is 0 Å². The van der Waals surface area contributed by atoms with E-state index in [0.29, 0.717) is 5.91 Å². The number of aryl methyl sites for hydroxylation is 1. The van der Waals surface area contributed by atoms with Crippen LogP contribution >= 0.6 is 0 Å². The molecule has 1 amide bonds. The molecule has 0 saturated carbocycles. The highest BCUT2D eigenvalue weighted by Gasteiger charge is 2.33. The molecule has 1 aromatic carbocycles. The number of hydrogen-bond donors (Lipinski definition) is 0. The molecular formula is C32H57BrN2O. The van der Waals surface area contributed by atoms with Gasteiger partial charge < -0.3 is 26.4 Å². The number of benzene rings is 1. The van der Waals surface area contributed by atoms with Gasteiger partial charge >= 0.3 is 0 Å². The molecule has 1 fully saturated rings. The van der Waals surface area contributed by atoms with Crippen LogP contribution in [0.15, 0.2) is 24.3 Å². The monoisotopic (exact) mass is 564 g/mol. The molecule has 0 aliphatic carbocycles. The van der Waals surface area contributed by atoms with Crippen LogP contribution in [0.5, 0.6) is 0 Å². The third-order valence-corrected chi connectivity index (χ3v) is 8.31. The Hall–Kier alpha value is -0.870. The molecule has 0 unspecified atom stereocenters. The maximum atomic E-state index is 12.8. The lowest BCUT2D eigenvalue weighted by molar-refractivity contribution is -0.942. The molecule has 1 aliphatic heterocycles. The number of halogens is 1. The molecule has 0 bridgehead atoms. The van der Waals surface area contributed by atoms with Crippen LogP contribution in [0, 0.1) is 6.92 Å². The molecule has 3 nitrogen and oxygen atoms in total. The topological polar surface area (TPSA) is 20.3 Å². The van der Waals surface area contributed by atoms with Crippen molar-refractivity contribution in [2.24, 2.45) is 0 Å². The first kappa shape index (κ1) is 33.2. The average Bonchev–Trinajstić information content (AvgIpc) is 2.86. The molecule has 1 heterocycles. The zero-order chi connectivity index (χ0) is 25.2. The van der Waals surface area contributed by atoms with Gasteiger partial charge in [0.05, 0.1) is 32.7 Å². The van der Waals surface area contributed by atoms with Gasteiger partial charge in [-0.2, -0.15) is 0 Å². The fourth-order valence-corrected chi connectivity index (χ4v) is 5.73. The van der Waals surface area contributed by atoms with E-state index in [2.05, 4.69) is 49.9 Å². The Bertz CT molecular complexity index is 684. The van der Waals surface area contributed by atoms with Crippen LogP contribution in [0.3, 0.4) is 0 Å². The van der Waals surface area contributed by atoms with E-state index in [9.17, 15) is 4.79 Å². The van der Waals surface area contributed by atoms with Gasteiger partial charge in [0.1, 0.15) is 6.54 Å². The fourth-order valence-electron chi connectivity index (χ4n) is 5.73. The van der Waals surface area contributed by atoms with Crippen molar-refractivity contribution >= 4 is 5.91 Å². The number of piperazine rings is 1. The number of quaternary nitrogens is 1. The number of likely N-dealkylation sites (N-methyl/N-ethyl adjacent to an activating group) is 1. The molecule has 0 aromatic heterocycles. The Morgan fingerprint density at radius 2 is 1.28 bits per heavy atom. The smallest absolute Gasteiger partial charge is 0.222 e. The zero-order valence-corrected chi connectivity index (χ0v) is 25.6. The van der Waals surface area contributed by atoms with Gasteiger partial charge in [0.15, 0.2) is 0 Å². The first-order valence-corrected chi connectivity index (χ1v) is 15.3. The van der Waals surface area contributed by atoms with E-state index in [1.807, 2.05) is 0 Å². The number of carbonyl (C=O) groups excluding carboxylic acids is 1. The minimum absolute atomic E-state index is 0. The van der Waals surface area contributed by atoms with Crippen LogP contribution < -0.4 is 17.0 Å². The first-order chi connectivity index (χ1) is 17.1. The van der Waals surface area contributed by atoms with Crippen LogP contribution in [0.25, 0.3) is 0 Å². The number of rotatable bonds is 19. The van der Waals surface area contributed by atoms with Crippen LogP contribution in [-0.2, 0) is 11.3 Å². The van der Waals surface area contributed by atoms with Gasteiger partial charge in [-0.25, -0.2) is 0 Å². The molecule has 1 aliphatic rings. The molecule has 36 heavy (non-hydrogen) atoms. The van der Waals surface area contributed by atoms with Gasteiger partial charge in [0.2, 0.25) is 5.91 Å². The lowest BCUT2D eigenvalue weighted by atomic mass is 10.0. The number of nitrogens with zero attached hydrogens (tertiary/aromatic N) is 2. The van der Waals surface area contributed by atoms with Crippen molar-refractivity contribution in [2.75, 3.05) is 32.7 Å². The quantitative estimate of drug-likeness (QED) is 0.162. The molecule has 0 spiro atoms. The normalized spacial score (nSPS) is 15.0. The highest BCUT2D eigenvalue weighted by Crippen LogP contribution is 2.20. The molecule has 1 saturated heterocycles. The third-order valence-electron chi connectivity index (χ3n) is 8.31. The Morgan fingerprint density at radius 1 is 0.778 bits per heavy atom. The van der Waals surface area contributed by atoms with Gasteiger partial charge in [0.25, 0.3) is 0 Å². The largest absolute Gasteiger partial charge is 1.00 e. The maximum Gasteiger partial charge on any atom is 0.222 e. The number of carbonyl (C=O) groups is 1. The van der Waals surface area contributed by atoms with Gasteiger partial charge in [-0.1, -0.05) is 127 Å². The summed E-state index contributed by atoms with van der Waals surface area (Å²) in [5.41, 5.74) is 2.78. The minimum atomic E-state index is 0. The predicted molar refractivity (Wildman–Crippen MR) is 152 cm³/mol. The fraction of sp³-hybridized carbons (Fsp3) is 0.781. The zero-order valence-electron chi connectivity index (χ0n) is 24.0. The average molecular weight is 566 g/mol. The van der Waals surface area contributed by atoms with Crippen LogP contribution in [0.2, 0.25) is 0 Å². The Kier molecular flexibility index (Phi) is 18.5. The molecule has 208 valence electrons. The second kappa shape index (κ2) is 20.1. The second-order valence-electron chi connectivity index (χ2n) is 11.3. The number of amides is 1. The highest BCUT2D eigenvalue weighted by atomic mass is 79.9. The molecular weight excluding hydrogens is 508 g/mol. The summed E-state index contributed by atoms with van der Waals surface area (Å²) in [6, 6.07) is 8.93. The van der Waals surface area contributed by atoms with E-state index in [1.165, 1.54) is 101 Å². The van der Waals surface area contributed by atoms with Crippen molar-refractivity contribution in [1.82, 2.24) is 4.90 Å². The molecule has 0 radical (unpaired) electrons. The van der Waals surface area contributed by atoms with Crippen molar-refractivity contribution in [3.8, 4) is 0 Å². The summed E-state index contributed by atoms with van der Waals surface area (Å²) in [7, 11) is 0. The summed E-state index contributed by atoms with van der Waals surface area (Å²) in [5.74, 6) is 0.393. The summed E-state index contributed by atoms with van der Waals surface area (Å²) in [6.07, 6.45) is 21.3. The van der Waals surface area contributed by atoms with Gasteiger partial charge in [0, 0.05) is 12.0 Å². The summed E-state index contributed by atoms with van der Waals surface area (Å²) in [4.78, 5) is 14.9. The van der Waals surface area contributed by atoms with E-state index in [-0.39, 0.29) is 17.0 Å². The van der Waals surface area contributed by atoms with Crippen LogP contribution in [0.4, 0.5) is 0 Å². The molecule has 4 heteroatoms. The lowest BCUT2D eigenvalue weighted by Crippen LogP contribution is -3.00. The third kappa shape index (κ3) is 13.6. The minimum Gasteiger partial charge on any atom is -1.00 e. The Morgan fingerprint density at radius 3 is 1.75 bits per heavy atom. The summed E-state index contributed by atoms with van der Waals surface area (Å²) in [5, 5.41) is 0. The molecule has 2 rings (SSSR count). The van der Waals surface area contributed by atoms with E-state index >= 15 is 0 Å². The number of unbranched alkanes of at least 4 members (excludes halogenated alkanes) is 14.